The molecule has 2 saturated carbocycles. The summed E-state index contributed by atoms with van der Waals surface area (Å²) >= 11 is 0. The minimum atomic E-state index is -0.0139. The first-order valence-corrected chi connectivity index (χ1v) is 4.25. The molecule has 1 N–H and O–H groups in total. The third kappa shape index (κ3) is 0.572. The lowest BCUT2D eigenvalue weighted by Gasteiger charge is -2.23. The lowest BCUT2D eigenvalue weighted by Crippen LogP contribution is -2.27. The third-order valence-electron chi connectivity index (χ3n) is 3.85. The molecule has 1 heteroatoms. The molecular weight excluding hydrogens is 124 g/mol. The molecule has 0 aliphatic heterocycles. The molecule has 2 fully saturated rings. The van der Waals surface area contributed by atoms with E-state index >= 15 is 0 Å². The summed E-state index contributed by atoms with van der Waals surface area (Å²) in [6.45, 7) is 4.46. The van der Waals surface area contributed by atoms with Gasteiger partial charge in [0.2, 0.25) is 0 Å². The second kappa shape index (κ2) is 1.58. The predicted molar refractivity (Wildman–Crippen MR) is 40.7 cm³/mol. The Kier molecular flexibility index (Phi) is 1.05. The number of rotatable bonds is 0. The second-order valence-electron chi connectivity index (χ2n) is 4.71. The first kappa shape index (κ1) is 6.66. The van der Waals surface area contributed by atoms with E-state index in [1.165, 1.54) is 25.7 Å². The largest absolute Gasteiger partial charge is 0.392 e. The summed E-state index contributed by atoms with van der Waals surface area (Å²) in [5, 5.41) is 9.85. The van der Waals surface area contributed by atoms with Crippen LogP contribution in [0, 0.1) is 10.8 Å². The summed E-state index contributed by atoms with van der Waals surface area (Å²) in [5.41, 5.74) is 0.573. The van der Waals surface area contributed by atoms with Gasteiger partial charge in [-0.25, -0.2) is 0 Å². The molecule has 0 unspecified atom stereocenters. The molecule has 0 spiro atoms. The molecule has 0 aromatic heterocycles. The number of fused-ring (bicyclic) bond motifs is 2. The molecule has 10 heavy (non-hydrogen) atoms. The van der Waals surface area contributed by atoms with E-state index in [9.17, 15) is 5.11 Å². The zero-order valence-electron chi connectivity index (χ0n) is 6.85. The minimum Gasteiger partial charge on any atom is -0.392 e. The smallest absolute Gasteiger partial charge is 0.0647 e. The molecule has 0 heterocycles. The topological polar surface area (TPSA) is 20.2 Å². The van der Waals surface area contributed by atoms with Gasteiger partial charge in [0.25, 0.3) is 0 Å². The van der Waals surface area contributed by atoms with E-state index < -0.39 is 0 Å². The fourth-order valence-electron chi connectivity index (χ4n) is 2.78. The van der Waals surface area contributed by atoms with Gasteiger partial charge in [-0.3, -0.25) is 0 Å². The van der Waals surface area contributed by atoms with E-state index in [0.29, 0.717) is 0 Å². The molecule has 0 aromatic carbocycles. The first-order chi connectivity index (χ1) is 4.57. The Morgan fingerprint density at radius 3 is 1.40 bits per heavy atom. The van der Waals surface area contributed by atoms with Crippen molar-refractivity contribution in [3.05, 3.63) is 0 Å². The first-order valence-electron chi connectivity index (χ1n) is 4.25. The highest BCUT2D eigenvalue weighted by atomic mass is 16.3. The Morgan fingerprint density at radius 1 is 1.00 bits per heavy atom. The lowest BCUT2D eigenvalue weighted by atomic mass is 9.84. The maximum Gasteiger partial charge on any atom is 0.0647 e. The Hall–Kier alpha value is -0.0400. The summed E-state index contributed by atoms with van der Waals surface area (Å²) < 4.78 is 0. The fourth-order valence-corrected chi connectivity index (χ4v) is 2.78. The van der Waals surface area contributed by atoms with Gasteiger partial charge in [0.15, 0.2) is 0 Å². The van der Waals surface area contributed by atoms with Crippen LogP contribution in [-0.4, -0.2) is 11.2 Å². The average Bonchev–Trinajstić information content (AvgIpc) is 2.24. The van der Waals surface area contributed by atoms with Crippen molar-refractivity contribution in [2.75, 3.05) is 0 Å². The van der Waals surface area contributed by atoms with E-state index in [2.05, 4.69) is 13.8 Å². The summed E-state index contributed by atoms with van der Waals surface area (Å²) in [7, 11) is 0. The van der Waals surface area contributed by atoms with Gasteiger partial charge in [0, 0.05) is 0 Å². The molecule has 2 bridgehead atoms. The monoisotopic (exact) mass is 140 g/mol. The average molecular weight is 140 g/mol. The number of hydrogen-bond acceptors (Lipinski definition) is 1. The Bertz CT molecular complexity index is 136. The number of hydrogen-bond donors (Lipinski definition) is 1. The van der Waals surface area contributed by atoms with Crippen LogP contribution in [0.3, 0.4) is 0 Å². The maximum absolute atomic E-state index is 9.85. The van der Waals surface area contributed by atoms with Crippen LogP contribution in [-0.2, 0) is 0 Å². The van der Waals surface area contributed by atoms with E-state index in [4.69, 9.17) is 0 Å². The summed E-state index contributed by atoms with van der Waals surface area (Å²) in [4.78, 5) is 0. The van der Waals surface area contributed by atoms with E-state index in [-0.39, 0.29) is 16.9 Å². The zero-order chi connectivity index (χ0) is 7.41. The normalized spacial score (nSPS) is 59.7. The van der Waals surface area contributed by atoms with Crippen LogP contribution in [0.4, 0.5) is 0 Å². The minimum absolute atomic E-state index is 0.0139. The molecular formula is C9H16O. The van der Waals surface area contributed by atoms with Gasteiger partial charge in [0.05, 0.1) is 6.10 Å². The number of aliphatic hydroxyl groups excluding tert-OH is 1. The summed E-state index contributed by atoms with van der Waals surface area (Å²) in [6, 6.07) is 0. The molecule has 1 nitrogen and oxygen atoms in total. The van der Waals surface area contributed by atoms with Gasteiger partial charge >= 0.3 is 0 Å². The highest BCUT2D eigenvalue weighted by Crippen LogP contribution is 2.60. The van der Waals surface area contributed by atoms with Crippen molar-refractivity contribution in [1.29, 1.82) is 0 Å². The van der Waals surface area contributed by atoms with Gasteiger partial charge in [0.1, 0.15) is 0 Å². The molecule has 0 amide bonds. The molecule has 0 aromatic rings. The van der Waals surface area contributed by atoms with Crippen LogP contribution in [0.5, 0.6) is 0 Å². The van der Waals surface area contributed by atoms with Crippen LogP contribution in [0.2, 0.25) is 0 Å². The van der Waals surface area contributed by atoms with Gasteiger partial charge in [-0.05, 0) is 36.5 Å². The highest BCUT2D eigenvalue weighted by Gasteiger charge is 2.56. The Labute approximate surface area is 62.4 Å². The lowest BCUT2D eigenvalue weighted by molar-refractivity contribution is 0.0399. The van der Waals surface area contributed by atoms with Gasteiger partial charge in [-0.15, -0.1) is 0 Å². The third-order valence-corrected chi connectivity index (χ3v) is 3.85. The molecule has 2 aliphatic carbocycles. The second-order valence-corrected chi connectivity index (χ2v) is 4.71. The Balaban J connectivity index is 2.34. The van der Waals surface area contributed by atoms with E-state index in [1.54, 1.807) is 0 Å². The van der Waals surface area contributed by atoms with Gasteiger partial charge in [-0.1, -0.05) is 13.8 Å². The fraction of sp³-hybridized carbons (Fsp3) is 1.00. The van der Waals surface area contributed by atoms with Crippen LogP contribution >= 0.6 is 0 Å². The van der Waals surface area contributed by atoms with Crippen molar-refractivity contribution in [1.82, 2.24) is 0 Å². The van der Waals surface area contributed by atoms with Crippen LogP contribution in [0.25, 0.3) is 0 Å². The van der Waals surface area contributed by atoms with Crippen molar-refractivity contribution >= 4 is 0 Å². The Morgan fingerprint density at radius 2 is 1.30 bits per heavy atom. The molecule has 2 rings (SSSR count). The summed E-state index contributed by atoms with van der Waals surface area (Å²) in [5.74, 6) is 0. The van der Waals surface area contributed by atoms with Crippen molar-refractivity contribution in [2.45, 2.75) is 45.6 Å². The van der Waals surface area contributed by atoms with E-state index in [0.717, 1.165) is 0 Å². The molecule has 0 atom stereocenters. The highest BCUT2D eigenvalue weighted by molar-refractivity contribution is 5.07. The van der Waals surface area contributed by atoms with Crippen LogP contribution in [0.15, 0.2) is 0 Å². The van der Waals surface area contributed by atoms with Crippen LogP contribution in [0.1, 0.15) is 39.5 Å². The van der Waals surface area contributed by atoms with Crippen molar-refractivity contribution in [3.8, 4) is 0 Å². The molecule has 2 aliphatic rings. The molecule has 58 valence electrons. The maximum atomic E-state index is 9.85. The van der Waals surface area contributed by atoms with Crippen LogP contribution < -0.4 is 0 Å². The van der Waals surface area contributed by atoms with Crippen molar-refractivity contribution in [3.63, 3.8) is 0 Å². The zero-order valence-corrected chi connectivity index (χ0v) is 6.85. The summed E-state index contributed by atoms with van der Waals surface area (Å²) in [6.07, 6.45) is 4.95. The van der Waals surface area contributed by atoms with Crippen molar-refractivity contribution in [2.24, 2.45) is 10.8 Å². The SMILES string of the molecule is CC12CCC(C)(CC1)C2O. The molecule has 0 radical (unpaired) electrons. The predicted octanol–water partition coefficient (Wildman–Crippen LogP) is 1.95. The van der Waals surface area contributed by atoms with E-state index in [1.807, 2.05) is 0 Å². The molecule has 0 saturated heterocycles. The standard InChI is InChI=1S/C9H16O/c1-8-3-5-9(2,6-4-8)7(8)10/h7,10H,3-6H2,1-2H3. The van der Waals surface area contributed by atoms with Gasteiger partial charge in [-0.2, -0.15) is 0 Å². The quantitative estimate of drug-likeness (QED) is 0.545. The van der Waals surface area contributed by atoms with Gasteiger partial charge < -0.3 is 5.11 Å². The van der Waals surface area contributed by atoms with Crippen molar-refractivity contribution < 1.29 is 5.11 Å². The number of aliphatic hydroxyl groups is 1.